The fraction of sp³-hybridized carbons (Fsp3) is 0. The van der Waals surface area contributed by atoms with E-state index in [4.69, 9.17) is 11.5 Å². The van der Waals surface area contributed by atoms with Gasteiger partial charge in [-0.25, -0.2) is 0 Å². The van der Waals surface area contributed by atoms with E-state index in [1.165, 1.54) is 16.8 Å². The second-order valence-corrected chi connectivity index (χ2v) is 6.30. The molecule has 16 heavy (non-hydrogen) atoms. The van der Waals surface area contributed by atoms with Gasteiger partial charge in [-0.3, -0.25) is 0 Å². The van der Waals surface area contributed by atoms with Gasteiger partial charge >= 0.3 is 132 Å². The van der Waals surface area contributed by atoms with Crippen LogP contribution < -0.4 is 17.1 Å². The Labute approximate surface area is 130 Å². The van der Waals surface area contributed by atoms with Crippen LogP contribution in [0.1, 0.15) is 0 Å². The van der Waals surface area contributed by atoms with Gasteiger partial charge in [-0.2, -0.15) is 0 Å². The predicted octanol–water partition coefficient (Wildman–Crippen LogP) is 0.106. The first-order valence-electron chi connectivity index (χ1n) is 5.30. The minimum atomic E-state index is 0.846. The molecule has 0 saturated heterocycles. The van der Waals surface area contributed by atoms with Crippen LogP contribution in [-0.2, 0) is 0 Å². The van der Waals surface area contributed by atoms with Crippen LogP contribution in [0, 0.1) is 0 Å². The average molecular weight is 228 g/mol. The van der Waals surface area contributed by atoms with Crippen molar-refractivity contribution in [1.29, 1.82) is 0 Å². The van der Waals surface area contributed by atoms with Gasteiger partial charge in [-0.05, 0) is 0 Å². The zero-order valence-corrected chi connectivity index (χ0v) is 13.6. The number of hydrogen-bond acceptors (Lipinski definition) is 2. The van der Waals surface area contributed by atoms with Crippen molar-refractivity contribution in [1.82, 2.24) is 0 Å². The van der Waals surface area contributed by atoms with Crippen molar-refractivity contribution >= 4 is 72.9 Å². The zero-order valence-electron chi connectivity index (χ0n) is 9.62. The Bertz CT molecular complexity index is 489. The first kappa shape index (κ1) is 12.5. The van der Waals surface area contributed by atoms with E-state index in [0.29, 0.717) is 0 Å². The summed E-state index contributed by atoms with van der Waals surface area (Å²) in [4.78, 5) is 0. The summed E-state index contributed by atoms with van der Waals surface area (Å²) in [6.45, 7) is 0. The molecule has 0 aliphatic rings. The normalized spacial score (nSPS) is 10.5. The van der Waals surface area contributed by atoms with E-state index < -0.39 is 0 Å². The van der Waals surface area contributed by atoms with E-state index in [2.05, 4.69) is 24.3 Å². The maximum atomic E-state index is 5.78. The molecule has 0 saturated carbocycles. The van der Waals surface area contributed by atoms with Crippen molar-refractivity contribution in [3.63, 3.8) is 0 Å². The van der Waals surface area contributed by atoms with Crippen LogP contribution in [0.25, 0.3) is 11.1 Å². The maximum absolute atomic E-state index is 5.78. The van der Waals surface area contributed by atoms with E-state index in [1.54, 1.807) is 0 Å². The molecule has 0 fully saturated rings. The van der Waals surface area contributed by atoms with Crippen molar-refractivity contribution in [2.75, 3.05) is 11.5 Å². The molecule has 0 aromatic heterocycles. The van der Waals surface area contributed by atoms with Crippen LogP contribution in [-0.4, -0.2) is 55.9 Å². The number of nitrogens with two attached hydrogens (primary N) is 2. The second kappa shape index (κ2) is 5.13. The number of anilines is 2. The summed E-state index contributed by atoms with van der Waals surface area (Å²) >= 11 is 2.02. The van der Waals surface area contributed by atoms with E-state index in [1.807, 2.05) is 12.1 Å². The third-order valence-electron chi connectivity index (χ3n) is 2.79. The molecule has 0 heterocycles. The Hall–Kier alpha value is 0.0400. The van der Waals surface area contributed by atoms with Gasteiger partial charge in [0.1, 0.15) is 0 Å². The Balaban J connectivity index is 2.59. The van der Waals surface area contributed by atoms with Gasteiger partial charge in [0.2, 0.25) is 0 Å². The monoisotopic (exact) mass is 228 g/mol. The van der Waals surface area contributed by atoms with Crippen LogP contribution in [0.2, 0.25) is 0 Å². The van der Waals surface area contributed by atoms with Crippen molar-refractivity contribution in [2.45, 2.75) is 0 Å². The summed E-state index contributed by atoms with van der Waals surface area (Å²) in [6, 6.07) is 12.3. The third kappa shape index (κ3) is 2.65. The van der Waals surface area contributed by atoms with E-state index in [0.717, 1.165) is 67.2 Å². The van der Waals surface area contributed by atoms with Crippen LogP contribution in [0.3, 0.4) is 0 Å². The van der Waals surface area contributed by atoms with Crippen molar-refractivity contribution < 1.29 is 0 Å². The Morgan fingerprint density at radius 2 is 1.06 bits per heavy atom. The molecule has 0 bridgehead atoms. The second-order valence-electron chi connectivity index (χ2n) is 4.15. The third-order valence-corrected chi connectivity index (χ3v) is 4.45. The molecule has 4 heteroatoms. The molecule has 0 radical (unpaired) electrons. The molecule has 0 atom stereocenters. The summed E-state index contributed by atoms with van der Waals surface area (Å²) in [7, 11) is 0. The van der Waals surface area contributed by atoms with Crippen LogP contribution in [0.15, 0.2) is 36.4 Å². The Kier molecular flexibility index (Phi) is 4.01. The molecule has 2 nitrogen and oxygen atoms in total. The van der Waals surface area contributed by atoms with Gasteiger partial charge in [-0.15, -0.1) is 0 Å². The quantitative estimate of drug-likeness (QED) is 0.537. The van der Waals surface area contributed by atoms with Crippen molar-refractivity contribution in [3.05, 3.63) is 36.4 Å². The Morgan fingerprint density at radius 1 is 0.688 bits per heavy atom. The van der Waals surface area contributed by atoms with Crippen molar-refractivity contribution in [2.24, 2.45) is 0 Å². The summed E-state index contributed by atoms with van der Waals surface area (Å²) in [5, 5.41) is 0. The fourth-order valence-electron chi connectivity index (χ4n) is 1.98. The number of rotatable bonds is 1. The first-order chi connectivity index (χ1) is 7.58. The summed E-state index contributed by atoms with van der Waals surface area (Å²) < 4.78 is 2.70. The van der Waals surface area contributed by atoms with E-state index >= 15 is 0 Å². The number of benzene rings is 2. The summed E-state index contributed by atoms with van der Waals surface area (Å²) in [6.07, 6.45) is 0. The van der Waals surface area contributed by atoms with Gasteiger partial charge in [-0.1, -0.05) is 0 Å². The zero-order chi connectivity index (χ0) is 11.7. The number of nitrogen functional groups attached to an aromatic ring is 2. The molecule has 0 aliphatic heterocycles. The standard InChI is InChI=1S/C12H10N2.2Na/c13-11-5-1-9(2-6-11)10-3-7-12(14)8-4-10;;/h1,3,5-8H,13-14H2;;. The molecular weight excluding hydrogens is 218 g/mol. The Morgan fingerprint density at radius 3 is 1.38 bits per heavy atom. The van der Waals surface area contributed by atoms with Crippen LogP contribution >= 0.6 is 0 Å². The molecule has 0 spiro atoms. The molecule has 2 aromatic rings. The van der Waals surface area contributed by atoms with Gasteiger partial charge in [0.15, 0.2) is 0 Å². The minimum absolute atomic E-state index is 0.846. The molecule has 0 amide bonds. The van der Waals surface area contributed by atoms with Crippen LogP contribution in [0.5, 0.6) is 0 Å². The first-order valence-corrected chi connectivity index (χ1v) is 7.30. The predicted molar refractivity (Wildman–Crippen MR) is 71.5 cm³/mol. The van der Waals surface area contributed by atoms with Crippen LogP contribution in [0.4, 0.5) is 11.4 Å². The van der Waals surface area contributed by atoms with Gasteiger partial charge in [0.05, 0.1) is 0 Å². The molecule has 4 N–H and O–H groups in total. The molecule has 2 rings (SSSR count). The molecule has 0 unspecified atom stereocenters. The molecular formula is C12H10N2Na2. The van der Waals surface area contributed by atoms with Gasteiger partial charge < -0.3 is 0 Å². The molecule has 2 aromatic carbocycles. The topological polar surface area (TPSA) is 52.0 Å². The van der Waals surface area contributed by atoms with E-state index in [-0.39, 0.29) is 0 Å². The van der Waals surface area contributed by atoms with Crippen molar-refractivity contribution in [3.8, 4) is 11.1 Å². The molecule has 0 aliphatic carbocycles. The summed E-state index contributed by atoms with van der Waals surface area (Å²) in [5.74, 6) is 0. The summed E-state index contributed by atoms with van der Waals surface area (Å²) in [5.41, 5.74) is 15.9. The van der Waals surface area contributed by atoms with Gasteiger partial charge in [0.25, 0.3) is 0 Å². The number of hydrogen-bond donors (Lipinski definition) is 2. The van der Waals surface area contributed by atoms with Gasteiger partial charge in [0, 0.05) is 0 Å². The van der Waals surface area contributed by atoms with E-state index in [9.17, 15) is 0 Å². The SMILES string of the molecule is Nc1ccc(-c2ccc(N)c[c]2[Na])[c]([Na])c1. The average Bonchev–Trinajstić information content (AvgIpc) is 2.19. The fourth-order valence-corrected chi connectivity index (χ4v) is 3.52. The molecule has 70 valence electrons.